The Labute approximate surface area is 88.7 Å². The normalized spacial score (nSPS) is 10.5. The smallest absolute Gasteiger partial charge is 0.101 e. The molecule has 0 aliphatic heterocycles. The van der Waals surface area contributed by atoms with E-state index in [0.29, 0.717) is 12.1 Å². The van der Waals surface area contributed by atoms with E-state index in [2.05, 4.69) is 16.7 Å². The Morgan fingerprint density at radius 3 is 2.93 bits per heavy atom. The summed E-state index contributed by atoms with van der Waals surface area (Å²) < 4.78 is 2.11. The van der Waals surface area contributed by atoms with Gasteiger partial charge in [0, 0.05) is 24.2 Å². The van der Waals surface area contributed by atoms with Gasteiger partial charge < -0.3 is 10.3 Å². The maximum atomic E-state index is 9.04. The standard InChI is InChI=1S/C12H13N3/c1-9-7-10-3-2-4-11(8-14)12(10)15(9)6-5-13/h2-4,7H,5-6,13H2,1H3. The van der Waals surface area contributed by atoms with E-state index in [0.717, 1.165) is 23.1 Å². The first-order valence-corrected chi connectivity index (χ1v) is 4.97. The predicted molar refractivity (Wildman–Crippen MR) is 60.4 cm³/mol. The molecule has 0 saturated carbocycles. The third-order valence-electron chi connectivity index (χ3n) is 2.60. The highest BCUT2D eigenvalue weighted by molar-refractivity contribution is 5.86. The molecule has 0 amide bonds. The lowest BCUT2D eigenvalue weighted by atomic mass is 10.1. The van der Waals surface area contributed by atoms with Crippen molar-refractivity contribution in [2.75, 3.05) is 6.54 Å². The molecule has 2 N–H and O–H groups in total. The number of hydrogen-bond acceptors (Lipinski definition) is 2. The second-order valence-corrected chi connectivity index (χ2v) is 3.58. The molecule has 0 bridgehead atoms. The van der Waals surface area contributed by atoms with Crippen LogP contribution >= 0.6 is 0 Å². The fourth-order valence-electron chi connectivity index (χ4n) is 1.97. The van der Waals surface area contributed by atoms with Crippen LogP contribution in [0.2, 0.25) is 0 Å². The second kappa shape index (κ2) is 3.76. The maximum Gasteiger partial charge on any atom is 0.101 e. The van der Waals surface area contributed by atoms with Crippen molar-refractivity contribution in [1.82, 2.24) is 4.57 Å². The molecule has 0 unspecified atom stereocenters. The molecular formula is C12H13N3. The number of benzene rings is 1. The molecule has 0 atom stereocenters. The zero-order chi connectivity index (χ0) is 10.8. The molecule has 3 heteroatoms. The predicted octanol–water partition coefficient (Wildman–Crippen LogP) is 1.78. The molecule has 0 saturated heterocycles. The lowest BCUT2D eigenvalue weighted by Crippen LogP contribution is -2.11. The molecule has 2 rings (SSSR count). The zero-order valence-corrected chi connectivity index (χ0v) is 8.70. The summed E-state index contributed by atoms with van der Waals surface area (Å²) in [6.45, 7) is 3.38. The van der Waals surface area contributed by atoms with Gasteiger partial charge in [0.1, 0.15) is 6.07 Å². The molecule has 2 aromatic rings. The Bertz CT molecular complexity index is 532. The van der Waals surface area contributed by atoms with Crippen molar-refractivity contribution in [2.24, 2.45) is 5.73 Å². The summed E-state index contributed by atoms with van der Waals surface area (Å²) in [4.78, 5) is 0. The van der Waals surface area contributed by atoms with Crippen molar-refractivity contribution in [3.8, 4) is 6.07 Å². The largest absolute Gasteiger partial charge is 0.343 e. The van der Waals surface area contributed by atoms with Crippen LogP contribution in [-0.2, 0) is 6.54 Å². The van der Waals surface area contributed by atoms with Crippen LogP contribution in [0.3, 0.4) is 0 Å². The van der Waals surface area contributed by atoms with Gasteiger partial charge in [0.15, 0.2) is 0 Å². The molecule has 0 radical (unpaired) electrons. The number of aryl methyl sites for hydroxylation is 1. The molecule has 1 aromatic carbocycles. The summed E-state index contributed by atoms with van der Waals surface area (Å²) in [5.41, 5.74) is 8.44. The van der Waals surface area contributed by atoms with Crippen molar-refractivity contribution in [3.05, 3.63) is 35.5 Å². The highest BCUT2D eigenvalue weighted by Crippen LogP contribution is 2.22. The number of para-hydroxylation sites is 1. The average molecular weight is 199 g/mol. The lowest BCUT2D eigenvalue weighted by molar-refractivity contribution is 0.715. The van der Waals surface area contributed by atoms with Gasteiger partial charge in [-0.2, -0.15) is 5.26 Å². The average Bonchev–Trinajstić information content (AvgIpc) is 2.56. The van der Waals surface area contributed by atoms with Crippen LogP contribution in [0, 0.1) is 18.3 Å². The summed E-state index contributed by atoms with van der Waals surface area (Å²) in [6.07, 6.45) is 0. The van der Waals surface area contributed by atoms with Gasteiger partial charge in [-0.05, 0) is 19.1 Å². The third-order valence-corrected chi connectivity index (χ3v) is 2.60. The van der Waals surface area contributed by atoms with Crippen LogP contribution < -0.4 is 5.73 Å². The van der Waals surface area contributed by atoms with Gasteiger partial charge in [0.2, 0.25) is 0 Å². The van der Waals surface area contributed by atoms with E-state index in [1.54, 1.807) is 0 Å². The first kappa shape index (κ1) is 9.75. The SMILES string of the molecule is Cc1cc2cccc(C#N)c2n1CCN. The van der Waals surface area contributed by atoms with Crippen LogP contribution in [0.5, 0.6) is 0 Å². The van der Waals surface area contributed by atoms with E-state index in [1.165, 1.54) is 0 Å². The van der Waals surface area contributed by atoms with E-state index < -0.39 is 0 Å². The van der Waals surface area contributed by atoms with Gasteiger partial charge in [-0.25, -0.2) is 0 Å². The maximum absolute atomic E-state index is 9.04. The van der Waals surface area contributed by atoms with Crippen molar-refractivity contribution >= 4 is 10.9 Å². The van der Waals surface area contributed by atoms with Crippen LogP contribution in [0.25, 0.3) is 10.9 Å². The number of nitrogens with zero attached hydrogens (tertiary/aromatic N) is 2. The minimum atomic E-state index is 0.588. The molecule has 0 aliphatic rings. The summed E-state index contributed by atoms with van der Waals surface area (Å²) in [5.74, 6) is 0. The molecule has 0 aliphatic carbocycles. The van der Waals surface area contributed by atoms with E-state index >= 15 is 0 Å². The number of nitriles is 1. The van der Waals surface area contributed by atoms with E-state index in [1.807, 2.05) is 25.1 Å². The third kappa shape index (κ3) is 1.49. The molecular weight excluding hydrogens is 186 g/mol. The molecule has 76 valence electrons. The number of nitrogens with two attached hydrogens (primary N) is 1. The summed E-state index contributed by atoms with van der Waals surface area (Å²) in [5, 5.41) is 10.2. The van der Waals surface area contributed by atoms with E-state index in [9.17, 15) is 0 Å². The molecule has 1 heterocycles. The van der Waals surface area contributed by atoms with Crippen LogP contribution in [0.4, 0.5) is 0 Å². The first-order valence-electron chi connectivity index (χ1n) is 4.97. The Morgan fingerprint density at radius 2 is 2.27 bits per heavy atom. The van der Waals surface area contributed by atoms with Crippen molar-refractivity contribution in [3.63, 3.8) is 0 Å². The number of hydrogen-bond donors (Lipinski definition) is 1. The molecule has 15 heavy (non-hydrogen) atoms. The summed E-state index contributed by atoms with van der Waals surface area (Å²) in [7, 11) is 0. The molecule has 0 spiro atoms. The summed E-state index contributed by atoms with van der Waals surface area (Å²) in [6, 6.07) is 10.1. The molecule has 0 fully saturated rings. The lowest BCUT2D eigenvalue weighted by Gasteiger charge is -2.06. The monoisotopic (exact) mass is 199 g/mol. The minimum Gasteiger partial charge on any atom is -0.343 e. The van der Waals surface area contributed by atoms with Crippen LogP contribution in [-0.4, -0.2) is 11.1 Å². The van der Waals surface area contributed by atoms with Crippen molar-refractivity contribution < 1.29 is 0 Å². The quantitative estimate of drug-likeness (QED) is 0.801. The molecule has 1 aromatic heterocycles. The van der Waals surface area contributed by atoms with Gasteiger partial charge in [-0.3, -0.25) is 0 Å². The Hall–Kier alpha value is -1.79. The fraction of sp³-hybridized carbons (Fsp3) is 0.250. The van der Waals surface area contributed by atoms with Gasteiger partial charge in [-0.1, -0.05) is 12.1 Å². The van der Waals surface area contributed by atoms with Gasteiger partial charge in [-0.15, -0.1) is 0 Å². The van der Waals surface area contributed by atoms with E-state index in [-0.39, 0.29) is 0 Å². The topological polar surface area (TPSA) is 54.7 Å². The minimum absolute atomic E-state index is 0.588. The van der Waals surface area contributed by atoms with Crippen LogP contribution in [0.15, 0.2) is 24.3 Å². The van der Waals surface area contributed by atoms with Crippen LogP contribution in [0.1, 0.15) is 11.3 Å². The van der Waals surface area contributed by atoms with Crippen molar-refractivity contribution in [1.29, 1.82) is 5.26 Å². The van der Waals surface area contributed by atoms with Gasteiger partial charge in [0.05, 0.1) is 11.1 Å². The zero-order valence-electron chi connectivity index (χ0n) is 8.70. The van der Waals surface area contributed by atoms with Crippen molar-refractivity contribution in [2.45, 2.75) is 13.5 Å². The first-order chi connectivity index (χ1) is 7.27. The number of rotatable bonds is 2. The van der Waals surface area contributed by atoms with Gasteiger partial charge in [0.25, 0.3) is 0 Å². The number of aromatic nitrogens is 1. The Kier molecular flexibility index (Phi) is 2.44. The Balaban J connectivity index is 2.78. The fourth-order valence-corrected chi connectivity index (χ4v) is 1.97. The van der Waals surface area contributed by atoms with E-state index in [4.69, 9.17) is 11.0 Å². The molecule has 3 nitrogen and oxygen atoms in total. The van der Waals surface area contributed by atoms with Gasteiger partial charge >= 0.3 is 0 Å². The Morgan fingerprint density at radius 1 is 1.47 bits per heavy atom. The second-order valence-electron chi connectivity index (χ2n) is 3.58. The number of fused-ring (bicyclic) bond motifs is 1. The highest BCUT2D eigenvalue weighted by Gasteiger charge is 2.08. The summed E-state index contributed by atoms with van der Waals surface area (Å²) >= 11 is 0. The highest BCUT2D eigenvalue weighted by atomic mass is 15.0.